The van der Waals surface area contributed by atoms with E-state index in [0.29, 0.717) is 18.4 Å². The molecule has 0 saturated carbocycles. The summed E-state index contributed by atoms with van der Waals surface area (Å²) in [6, 6.07) is 12.4. The second-order valence-corrected chi connectivity index (χ2v) is 10.3. The Hall–Kier alpha value is -1.66. The van der Waals surface area contributed by atoms with Crippen LogP contribution in [0.4, 0.5) is 13.2 Å². The van der Waals surface area contributed by atoms with E-state index in [1.54, 1.807) is 18.2 Å². The zero-order valence-electron chi connectivity index (χ0n) is 15.1. The summed E-state index contributed by atoms with van der Waals surface area (Å²) in [7, 11) is -3.86. The normalized spacial score (nSPS) is 20.6. The molecule has 1 saturated heterocycles. The number of alkyl halides is 4. The van der Waals surface area contributed by atoms with Crippen molar-refractivity contribution in [3.63, 3.8) is 0 Å². The van der Waals surface area contributed by atoms with Gasteiger partial charge in [0.1, 0.15) is 0 Å². The third kappa shape index (κ3) is 4.58. The van der Waals surface area contributed by atoms with Crippen LogP contribution in [0.5, 0.6) is 0 Å². The van der Waals surface area contributed by atoms with E-state index in [-0.39, 0.29) is 18.0 Å². The first-order valence-corrected chi connectivity index (χ1v) is 11.3. The van der Waals surface area contributed by atoms with Crippen LogP contribution in [0.1, 0.15) is 24.0 Å². The highest BCUT2D eigenvalue weighted by Gasteiger charge is 2.51. The predicted octanol–water partition coefficient (Wildman–Crippen LogP) is 3.94. The van der Waals surface area contributed by atoms with Crippen LogP contribution in [0.25, 0.3) is 0 Å². The number of halogens is 4. The van der Waals surface area contributed by atoms with Gasteiger partial charge in [0, 0.05) is 13.1 Å². The lowest BCUT2D eigenvalue weighted by Crippen LogP contribution is -2.52. The molecule has 1 heterocycles. The Morgan fingerprint density at radius 1 is 1.10 bits per heavy atom. The summed E-state index contributed by atoms with van der Waals surface area (Å²) in [6.07, 6.45) is -3.55. The van der Waals surface area contributed by atoms with E-state index in [0.717, 1.165) is 12.1 Å². The van der Waals surface area contributed by atoms with Crippen LogP contribution in [-0.2, 0) is 27.5 Å². The molecule has 0 radical (unpaired) electrons. The summed E-state index contributed by atoms with van der Waals surface area (Å²) in [5, 5.41) is 2.66. The van der Waals surface area contributed by atoms with E-state index in [2.05, 4.69) is 5.32 Å². The van der Waals surface area contributed by atoms with Crippen LogP contribution < -0.4 is 5.32 Å². The Morgan fingerprint density at radius 2 is 1.72 bits per heavy atom. The van der Waals surface area contributed by atoms with E-state index in [9.17, 15) is 26.4 Å². The second kappa shape index (κ2) is 8.23. The lowest BCUT2D eigenvalue weighted by Gasteiger charge is -2.31. The molecule has 1 amide bonds. The van der Waals surface area contributed by atoms with Crippen molar-refractivity contribution in [1.29, 1.82) is 0 Å². The molecule has 2 aromatic rings. The maximum atomic E-state index is 13.0. The SMILES string of the molecule is O=C(NCc1ccc(C(F)(F)F)cc1)C1(I)CCCN1S(=O)(=O)c1ccccc1. The zero-order chi connectivity index (χ0) is 21.3. The van der Waals surface area contributed by atoms with E-state index in [1.165, 1.54) is 28.6 Å². The fourth-order valence-electron chi connectivity index (χ4n) is 3.15. The number of amides is 1. The number of hydrogen-bond acceptors (Lipinski definition) is 3. The average molecular weight is 538 g/mol. The first kappa shape index (κ1) is 22.0. The molecule has 1 aliphatic rings. The van der Waals surface area contributed by atoms with E-state index in [1.807, 2.05) is 22.6 Å². The molecule has 1 unspecified atom stereocenters. The molecule has 10 heteroatoms. The van der Waals surface area contributed by atoms with Gasteiger partial charge in [-0.2, -0.15) is 17.5 Å². The number of carbonyl (C=O) groups excluding carboxylic acids is 1. The van der Waals surface area contributed by atoms with Gasteiger partial charge in [0.25, 0.3) is 5.91 Å². The summed E-state index contributed by atoms with van der Waals surface area (Å²) < 4.78 is 63.8. The number of hydrogen-bond donors (Lipinski definition) is 1. The molecule has 2 aromatic carbocycles. The van der Waals surface area contributed by atoms with Crippen molar-refractivity contribution in [3.8, 4) is 0 Å². The van der Waals surface area contributed by atoms with Crippen LogP contribution in [0.3, 0.4) is 0 Å². The Kier molecular flexibility index (Phi) is 6.25. The van der Waals surface area contributed by atoms with Gasteiger partial charge >= 0.3 is 6.18 Å². The number of rotatable bonds is 5. The van der Waals surface area contributed by atoms with Gasteiger partial charge in [0.05, 0.1) is 10.5 Å². The third-order valence-corrected chi connectivity index (χ3v) is 8.56. The largest absolute Gasteiger partial charge is 0.416 e. The molecule has 3 rings (SSSR count). The van der Waals surface area contributed by atoms with Crippen LogP contribution >= 0.6 is 22.6 Å². The van der Waals surface area contributed by atoms with Crippen molar-refractivity contribution in [2.75, 3.05) is 6.54 Å². The van der Waals surface area contributed by atoms with Crippen LogP contribution in [0.15, 0.2) is 59.5 Å². The fraction of sp³-hybridized carbons (Fsp3) is 0.316. The first-order valence-electron chi connectivity index (χ1n) is 8.76. The molecule has 0 aromatic heterocycles. The molecule has 1 aliphatic heterocycles. The van der Waals surface area contributed by atoms with Gasteiger partial charge in [-0.1, -0.05) is 30.3 Å². The van der Waals surface area contributed by atoms with Crippen LogP contribution in [-0.4, -0.2) is 28.7 Å². The molecule has 156 valence electrons. The number of nitrogens with zero attached hydrogens (tertiary/aromatic N) is 1. The van der Waals surface area contributed by atoms with Crippen molar-refractivity contribution in [2.24, 2.45) is 0 Å². The highest BCUT2D eigenvalue weighted by atomic mass is 127. The monoisotopic (exact) mass is 538 g/mol. The lowest BCUT2D eigenvalue weighted by atomic mass is 10.1. The summed E-state index contributed by atoms with van der Waals surface area (Å²) in [4.78, 5) is 13.0. The summed E-state index contributed by atoms with van der Waals surface area (Å²) in [5.41, 5.74) is -0.282. The van der Waals surface area contributed by atoms with Gasteiger partial charge in [0.2, 0.25) is 10.0 Å². The highest BCUT2D eigenvalue weighted by Crippen LogP contribution is 2.40. The average Bonchev–Trinajstić information content (AvgIpc) is 3.10. The molecule has 1 atom stereocenters. The molecular weight excluding hydrogens is 520 g/mol. The number of benzene rings is 2. The second-order valence-electron chi connectivity index (χ2n) is 6.63. The van der Waals surface area contributed by atoms with E-state index in [4.69, 9.17) is 0 Å². The minimum Gasteiger partial charge on any atom is -0.350 e. The molecule has 1 N–H and O–H groups in total. The molecule has 0 aliphatic carbocycles. The summed E-state index contributed by atoms with van der Waals surface area (Å²) >= 11 is 1.85. The standard InChI is InChI=1S/C19H18F3IN2O3S/c20-19(21,22)15-9-7-14(8-10-15)13-24-17(26)18(23)11-4-12-25(18)29(27,28)16-5-2-1-3-6-16/h1-3,5-10H,4,11-13H2,(H,24,26). The van der Waals surface area contributed by atoms with Crippen molar-refractivity contribution in [2.45, 2.75) is 34.0 Å². The molecule has 5 nitrogen and oxygen atoms in total. The van der Waals surface area contributed by atoms with Crippen molar-refractivity contribution < 1.29 is 26.4 Å². The maximum Gasteiger partial charge on any atom is 0.416 e. The third-order valence-electron chi connectivity index (χ3n) is 4.68. The van der Waals surface area contributed by atoms with Gasteiger partial charge < -0.3 is 5.32 Å². The highest BCUT2D eigenvalue weighted by molar-refractivity contribution is 14.1. The Morgan fingerprint density at radius 3 is 2.31 bits per heavy atom. The Balaban J connectivity index is 1.74. The van der Waals surface area contributed by atoms with Crippen LogP contribution in [0.2, 0.25) is 0 Å². The lowest BCUT2D eigenvalue weighted by molar-refractivity contribution is -0.137. The minimum atomic E-state index is -4.43. The summed E-state index contributed by atoms with van der Waals surface area (Å²) in [5.74, 6) is -0.491. The Bertz CT molecular complexity index is 982. The van der Waals surface area contributed by atoms with Gasteiger partial charge in [0.15, 0.2) is 3.55 Å². The number of nitrogens with one attached hydrogen (secondary N) is 1. The first-order chi connectivity index (χ1) is 13.5. The number of carbonyl (C=O) groups is 1. The molecular formula is C19H18F3IN2O3S. The van der Waals surface area contributed by atoms with E-state index >= 15 is 0 Å². The molecule has 0 bridgehead atoms. The number of sulfonamides is 1. The molecule has 29 heavy (non-hydrogen) atoms. The van der Waals surface area contributed by atoms with Gasteiger partial charge in [-0.3, -0.25) is 4.79 Å². The minimum absolute atomic E-state index is 0.000939. The van der Waals surface area contributed by atoms with E-state index < -0.39 is 31.2 Å². The van der Waals surface area contributed by atoms with Gasteiger partial charge in [-0.25, -0.2) is 8.42 Å². The Labute approximate surface area is 180 Å². The maximum absolute atomic E-state index is 13.0. The van der Waals surface area contributed by atoms with Gasteiger partial charge in [-0.05, 0) is 65.3 Å². The zero-order valence-corrected chi connectivity index (χ0v) is 18.1. The smallest absolute Gasteiger partial charge is 0.350 e. The van der Waals surface area contributed by atoms with Gasteiger partial charge in [-0.15, -0.1) is 0 Å². The quantitative estimate of drug-likeness (QED) is 0.357. The fourth-order valence-corrected chi connectivity index (χ4v) is 6.42. The van der Waals surface area contributed by atoms with Crippen molar-refractivity contribution in [3.05, 3.63) is 65.7 Å². The van der Waals surface area contributed by atoms with Crippen LogP contribution in [0, 0.1) is 0 Å². The molecule has 1 fully saturated rings. The topological polar surface area (TPSA) is 66.5 Å². The summed E-state index contributed by atoms with van der Waals surface area (Å²) in [6.45, 7) is 0.217. The van der Waals surface area contributed by atoms with Crippen molar-refractivity contribution in [1.82, 2.24) is 9.62 Å². The van der Waals surface area contributed by atoms with Crippen molar-refractivity contribution >= 4 is 38.5 Å². The molecule has 0 spiro atoms. The predicted molar refractivity (Wildman–Crippen MR) is 110 cm³/mol.